The first-order valence-electron chi connectivity index (χ1n) is 6.24. The van der Waals surface area contributed by atoms with Crippen molar-refractivity contribution in [3.63, 3.8) is 0 Å². The van der Waals surface area contributed by atoms with Crippen LogP contribution >= 0.6 is 0 Å². The molecule has 1 amide bonds. The molecule has 0 radical (unpaired) electrons. The summed E-state index contributed by atoms with van der Waals surface area (Å²) >= 11 is 0. The normalized spacial score (nSPS) is 18.9. The number of aromatic nitrogens is 1. The third-order valence-corrected chi connectivity index (χ3v) is 3.25. The summed E-state index contributed by atoms with van der Waals surface area (Å²) in [4.78, 5) is 39.3. The minimum atomic E-state index is -1.14. The van der Waals surface area contributed by atoms with Gasteiger partial charge in [0.25, 0.3) is 11.5 Å². The maximum Gasteiger partial charge on any atom is 0.328 e. The van der Waals surface area contributed by atoms with Gasteiger partial charge in [-0.15, -0.1) is 0 Å². The Hall–Kier alpha value is -2.15. The van der Waals surface area contributed by atoms with Crippen LogP contribution in [0.3, 0.4) is 0 Å². The van der Waals surface area contributed by atoms with Crippen LogP contribution < -0.4 is 5.56 Å². The molecule has 0 saturated carbocycles. The van der Waals surface area contributed by atoms with Gasteiger partial charge in [0.2, 0.25) is 0 Å². The van der Waals surface area contributed by atoms with Crippen LogP contribution in [0.5, 0.6) is 0 Å². The first-order chi connectivity index (χ1) is 9.41. The number of rotatable bonds is 2. The van der Waals surface area contributed by atoms with Crippen LogP contribution in [0.15, 0.2) is 10.9 Å². The van der Waals surface area contributed by atoms with Crippen LogP contribution in [0, 0.1) is 13.8 Å². The molecule has 0 aromatic carbocycles. The third-order valence-electron chi connectivity index (χ3n) is 3.25. The largest absolute Gasteiger partial charge is 0.480 e. The number of H-pyrrole nitrogens is 1. The zero-order chi connectivity index (χ0) is 14.9. The molecule has 20 heavy (non-hydrogen) atoms. The number of carboxylic acid groups (broad SMARTS) is 1. The monoisotopic (exact) mass is 280 g/mol. The number of aromatic amines is 1. The second-order valence-corrected chi connectivity index (χ2v) is 4.77. The highest BCUT2D eigenvalue weighted by Crippen LogP contribution is 2.13. The van der Waals surface area contributed by atoms with E-state index in [-0.39, 0.29) is 25.3 Å². The van der Waals surface area contributed by atoms with E-state index in [1.54, 1.807) is 19.9 Å². The van der Waals surface area contributed by atoms with Crippen LogP contribution in [0.25, 0.3) is 0 Å². The standard InChI is InChI=1S/C13H16N2O5/c1-7-5-8(2)14-11(16)10(7)12(17)15-3-4-20-6-9(15)13(18)19/h5,9H,3-4,6H2,1-2H3,(H,14,16)(H,18,19). The van der Waals surface area contributed by atoms with Crippen LogP contribution in [-0.2, 0) is 9.53 Å². The lowest BCUT2D eigenvalue weighted by Crippen LogP contribution is -2.53. The number of hydrogen-bond donors (Lipinski definition) is 2. The van der Waals surface area contributed by atoms with Crippen molar-refractivity contribution in [2.45, 2.75) is 19.9 Å². The molecular formula is C13H16N2O5. The van der Waals surface area contributed by atoms with Gasteiger partial charge < -0.3 is 19.7 Å². The molecular weight excluding hydrogens is 264 g/mol. The predicted molar refractivity (Wildman–Crippen MR) is 69.8 cm³/mol. The Balaban J connectivity index is 2.40. The van der Waals surface area contributed by atoms with Gasteiger partial charge in [0.1, 0.15) is 5.56 Å². The second-order valence-electron chi connectivity index (χ2n) is 4.77. The van der Waals surface area contributed by atoms with Crippen LogP contribution in [0.4, 0.5) is 0 Å². The van der Waals surface area contributed by atoms with E-state index in [1.807, 2.05) is 0 Å². The Kier molecular flexibility index (Phi) is 3.89. The van der Waals surface area contributed by atoms with Crippen LogP contribution in [-0.4, -0.2) is 52.7 Å². The van der Waals surface area contributed by atoms with Crippen molar-refractivity contribution < 1.29 is 19.4 Å². The molecule has 1 aliphatic rings. The van der Waals surface area contributed by atoms with E-state index in [2.05, 4.69) is 4.98 Å². The Morgan fingerprint density at radius 3 is 2.75 bits per heavy atom. The lowest BCUT2D eigenvalue weighted by atomic mass is 10.1. The van der Waals surface area contributed by atoms with Gasteiger partial charge in [-0.1, -0.05) is 0 Å². The number of carbonyl (C=O) groups is 2. The van der Waals surface area contributed by atoms with E-state index in [0.29, 0.717) is 11.3 Å². The summed E-state index contributed by atoms with van der Waals surface area (Å²) in [5.41, 5.74) is 0.680. The molecule has 1 fully saturated rings. The molecule has 108 valence electrons. The number of aryl methyl sites for hydroxylation is 2. The molecule has 0 aliphatic carbocycles. The van der Waals surface area contributed by atoms with E-state index in [1.165, 1.54) is 4.90 Å². The summed E-state index contributed by atoms with van der Waals surface area (Å²) in [6.07, 6.45) is 0. The van der Waals surface area contributed by atoms with E-state index < -0.39 is 23.5 Å². The molecule has 1 atom stereocenters. The number of nitrogens with one attached hydrogen (secondary N) is 1. The molecule has 1 saturated heterocycles. The van der Waals surface area contributed by atoms with Crippen LogP contribution in [0.2, 0.25) is 0 Å². The number of ether oxygens (including phenoxy) is 1. The lowest BCUT2D eigenvalue weighted by Gasteiger charge is -2.32. The number of carbonyl (C=O) groups excluding carboxylic acids is 1. The predicted octanol–water partition coefficient (Wildman–Crippen LogP) is -0.0827. The van der Waals surface area contributed by atoms with Crippen molar-refractivity contribution in [1.82, 2.24) is 9.88 Å². The number of amides is 1. The zero-order valence-electron chi connectivity index (χ0n) is 11.3. The maximum absolute atomic E-state index is 12.5. The highest BCUT2D eigenvalue weighted by Gasteiger charge is 2.34. The third kappa shape index (κ3) is 2.57. The fraction of sp³-hybridized carbons (Fsp3) is 0.462. The number of morpholine rings is 1. The minimum Gasteiger partial charge on any atom is -0.480 e. The molecule has 1 aromatic rings. The molecule has 7 heteroatoms. The molecule has 2 heterocycles. The number of hydrogen-bond acceptors (Lipinski definition) is 4. The van der Waals surface area contributed by atoms with Gasteiger partial charge in [-0.25, -0.2) is 4.79 Å². The summed E-state index contributed by atoms with van der Waals surface area (Å²) in [6.45, 7) is 3.73. The minimum absolute atomic E-state index is 0.0104. The van der Waals surface area contributed by atoms with Gasteiger partial charge in [0.05, 0.1) is 13.2 Å². The van der Waals surface area contributed by atoms with Crippen molar-refractivity contribution >= 4 is 11.9 Å². The molecule has 0 bridgehead atoms. The fourth-order valence-electron chi connectivity index (χ4n) is 2.31. The van der Waals surface area contributed by atoms with Crippen molar-refractivity contribution in [2.24, 2.45) is 0 Å². The van der Waals surface area contributed by atoms with Gasteiger partial charge in [-0.3, -0.25) is 9.59 Å². The van der Waals surface area contributed by atoms with E-state index >= 15 is 0 Å². The molecule has 1 aromatic heterocycles. The number of aliphatic carboxylic acids is 1. The van der Waals surface area contributed by atoms with Crippen molar-refractivity contribution in [1.29, 1.82) is 0 Å². The van der Waals surface area contributed by atoms with E-state index in [0.717, 1.165) is 0 Å². The van der Waals surface area contributed by atoms with Gasteiger partial charge in [0, 0.05) is 12.2 Å². The molecule has 2 rings (SSSR count). The summed E-state index contributed by atoms with van der Waals surface area (Å²) in [5.74, 6) is -1.71. The number of carboxylic acids is 1. The Morgan fingerprint density at radius 1 is 1.45 bits per heavy atom. The lowest BCUT2D eigenvalue weighted by molar-refractivity contribution is -0.147. The van der Waals surface area contributed by atoms with Crippen molar-refractivity contribution in [3.05, 3.63) is 33.2 Å². The maximum atomic E-state index is 12.5. The van der Waals surface area contributed by atoms with Crippen molar-refractivity contribution in [2.75, 3.05) is 19.8 Å². The molecule has 1 unspecified atom stereocenters. The topological polar surface area (TPSA) is 99.7 Å². The number of nitrogens with zero attached hydrogens (tertiary/aromatic N) is 1. The first-order valence-corrected chi connectivity index (χ1v) is 6.24. The quantitative estimate of drug-likeness (QED) is 0.789. The Morgan fingerprint density at radius 2 is 2.15 bits per heavy atom. The molecule has 7 nitrogen and oxygen atoms in total. The molecule has 2 N–H and O–H groups in total. The average molecular weight is 280 g/mol. The summed E-state index contributed by atoms with van der Waals surface area (Å²) < 4.78 is 5.08. The first kappa shape index (κ1) is 14.3. The van der Waals surface area contributed by atoms with Crippen molar-refractivity contribution in [3.8, 4) is 0 Å². The highest BCUT2D eigenvalue weighted by molar-refractivity contribution is 5.97. The zero-order valence-corrected chi connectivity index (χ0v) is 11.3. The Labute approximate surface area is 115 Å². The summed E-state index contributed by atoms with van der Waals surface area (Å²) in [7, 11) is 0. The van der Waals surface area contributed by atoms with Gasteiger partial charge >= 0.3 is 5.97 Å². The summed E-state index contributed by atoms with van der Waals surface area (Å²) in [6, 6.07) is 0.626. The van der Waals surface area contributed by atoms with Gasteiger partial charge in [0.15, 0.2) is 6.04 Å². The van der Waals surface area contributed by atoms with Crippen LogP contribution in [0.1, 0.15) is 21.6 Å². The molecule has 0 spiro atoms. The van der Waals surface area contributed by atoms with Gasteiger partial charge in [-0.05, 0) is 25.5 Å². The van der Waals surface area contributed by atoms with E-state index in [4.69, 9.17) is 9.84 Å². The average Bonchev–Trinajstić information content (AvgIpc) is 2.37. The number of pyridine rings is 1. The Bertz CT molecular complexity index is 607. The van der Waals surface area contributed by atoms with Gasteiger partial charge in [-0.2, -0.15) is 0 Å². The second kappa shape index (κ2) is 5.46. The fourth-order valence-corrected chi connectivity index (χ4v) is 2.31. The van der Waals surface area contributed by atoms with E-state index in [9.17, 15) is 14.4 Å². The summed E-state index contributed by atoms with van der Waals surface area (Å²) in [5, 5.41) is 9.13. The smallest absolute Gasteiger partial charge is 0.328 e. The molecule has 1 aliphatic heterocycles. The SMILES string of the molecule is Cc1cc(C)c(C(=O)N2CCOCC2C(=O)O)c(=O)[nH]1. The highest BCUT2D eigenvalue weighted by atomic mass is 16.5.